The van der Waals surface area contributed by atoms with Crippen molar-refractivity contribution in [3.8, 4) is 0 Å². The van der Waals surface area contributed by atoms with Crippen LogP contribution in [0.25, 0.3) is 0 Å². The molecule has 0 fully saturated rings. The molecule has 1 aliphatic heterocycles. The molecule has 112 valence electrons. The zero-order chi connectivity index (χ0) is 13.9. The normalized spacial score (nSPS) is 19.0. The first kappa shape index (κ1) is 15.3. The van der Waals surface area contributed by atoms with E-state index in [9.17, 15) is 0 Å². The maximum atomic E-state index is 5.49. The van der Waals surface area contributed by atoms with Crippen molar-refractivity contribution in [3.05, 3.63) is 47.9 Å². The van der Waals surface area contributed by atoms with Crippen LogP contribution in [-0.2, 0) is 11.4 Å². The van der Waals surface area contributed by atoms with Crippen LogP contribution >= 0.6 is 0 Å². The van der Waals surface area contributed by atoms with Crippen LogP contribution in [0.15, 0.2) is 41.8 Å². The average molecular weight is 308 g/mol. The van der Waals surface area contributed by atoms with Gasteiger partial charge in [-0.1, -0.05) is 30.3 Å². The van der Waals surface area contributed by atoms with Crippen LogP contribution in [0.5, 0.6) is 0 Å². The number of quaternary nitrogens is 1. The minimum absolute atomic E-state index is 0. The highest BCUT2D eigenvalue weighted by Gasteiger charge is 2.31. The lowest BCUT2D eigenvalue weighted by atomic mass is 10.2. The first-order valence-corrected chi connectivity index (χ1v) is 6.57. The van der Waals surface area contributed by atoms with E-state index in [4.69, 9.17) is 4.84 Å². The second kappa shape index (κ2) is 6.60. The smallest absolute Gasteiger partial charge is 0.289 e. The van der Waals surface area contributed by atoms with Crippen molar-refractivity contribution in [1.82, 2.24) is 9.97 Å². The number of oxime groups is 1. The zero-order valence-electron chi connectivity index (χ0n) is 12.0. The molecule has 2 heterocycles. The Bertz CT molecular complexity index is 613. The number of fused-ring (bicyclic) bond motifs is 1. The number of anilines is 1. The number of H-pyrrole nitrogens is 1. The van der Waals surface area contributed by atoms with E-state index in [2.05, 4.69) is 27.1 Å². The molecule has 0 spiro atoms. The van der Waals surface area contributed by atoms with Gasteiger partial charge in [0.2, 0.25) is 0 Å². The number of halogens is 1. The van der Waals surface area contributed by atoms with Crippen LogP contribution < -0.4 is 22.2 Å². The zero-order valence-corrected chi connectivity index (χ0v) is 12.8. The number of aromatic amines is 1. The minimum Gasteiger partial charge on any atom is -1.00 e. The second-order valence-electron chi connectivity index (χ2n) is 4.94. The van der Waals surface area contributed by atoms with E-state index in [1.807, 2.05) is 37.4 Å². The number of hydrogen-bond acceptors (Lipinski definition) is 4. The molecule has 0 radical (unpaired) electrons. The number of amidine groups is 1. The molecule has 1 atom stereocenters. The fraction of sp³-hybridized carbons (Fsp3) is 0.286. The predicted molar refractivity (Wildman–Crippen MR) is 76.5 cm³/mol. The number of benzene rings is 1. The highest BCUT2D eigenvalue weighted by molar-refractivity contribution is 5.95. The van der Waals surface area contributed by atoms with E-state index in [1.54, 1.807) is 6.33 Å². The molecule has 1 aromatic heterocycles. The molecule has 3 rings (SSSR count). The Morgan fingerprint density at radius 1 is 1.38 bits per heavy atom. The molecule has 0 amide bonds. The highest BCUT2D eigenvalue weighted by Crippen LogP contribution is 2.15. The molecule has 0 bridgehead atoms. The van der Waals surface area contributed by atoms with Crippen molar-refractivity contribution in [2.45, 2.75) is 6.61 Å². The van der Waals surface area contributed by atoms with Crippen molar-refractivity contribution in [2.75, 3.05) is 25.7 Å². The van der Waals surface area contributed by atoms with Crippen LogP contribution in [0.4, 0.5) is 5.82 Å². The van der Waals surface area contributed by atoms with Crippen LogP contribution in [0.1, 0.15) is 11.3 Å². The summed E-state index contributed by atoms with van der Waals surface area (Å²) < 4.78 is 0. The van der Waals surface area contributed by atoms with Gasteiger partial charge >= 0.3 is 0 Å². The van der Waals surface area contributed by atoms with Crippen molar-refractivity contribution in [2.24, 2.45) is 5.16 Å². The van der Waals surface area contributed by atoms with Gasteiger partial charge in [0.25, 0.3) is 5.84 Å². The quantitative estimate of drug-likeness (QED) is 0.603. The van der Waals surface area contributed by atoms with E-state index in [0.29, 0.717) is 6.61 Å². The van der Waals surface area contributed by atoms with Crippen LogP contribution in [0.2, 0.25) is 0 Å². The summed E-state index contributed by atoms with van der Waals surface area (Å²) >= 11 is 0. The van der Waals surface area contributed by atoms with Gasteiger partial charge in [0.05, 0.1) is 13.4 Å². The van der Waals surface area contributed by atoms with Gasteiger partial charge < -0.3 is 27.1 Å². The van der Waals surface area contributed by atoms with Gasteiger partial charge in [0, 0.05) is 7.05 Å². The largest absolute Gasteiger partial charge is 1.00 e. The third-order valence-electron chi connectivity index (χ3n) is 3.33. The predicted octanol–water partition coefficient (Wildman–Crippen LogP) is -2.79. The molecule has 2 aromatic rings. The number of nitrogens with zero attached hydrogens (tertiary/aromatic N) is 3. The Balaban J connectivity index is 0.00000161. The number of hydrogen-bond donors (Lipinski definition) is 2. The van der Waals surface area contributed by atoms with Gasteiger partial charge in [-0.05, 0) is 10.7 Å². The van der Waals surface area contributed by atoms with Gasteiger partial charge in [-0.15, -0.1) is 0 Å². The van der Waals surface area contributed by atoms with Crippen molar-refractivity contribution >= 4 is 11.7 Å². The number of nitrogens with one attached hydrogen (secondary N) is 2. The average Bonchev–Trinajstić information content (AvgIpc) is 2.93. The van der Waals surface area contributed by atoms with Gasteiger partial charge in [-0.25, -0.2) is 4.98 Å². The molecule has 0 saturated heterocycles. The highest BCUT2D eigenvalue weighted by atomic mass is 35.5. The molecule has 6 nitrogen and oxygen atoms in total. The molecule has 21 heavy (non-hydrogen) atoms. The van der Waals surface area contributed by atoms with Crippen LogP contribution in [0, 0.1) is 0 Å². The van der Waals surface area contributed by atoms with Gasteiger partial charge in [-0.3, -0.25) is 4.90 Å². The molecule has 1 aliphatic rings. The molecular formula is C14H18ClN5O. The standard InChI is InChI=1S/C14H17N5O.ClH/c1-18-10-19(2)14(12-13(18)16-9-15-12)17-20-8-11-6-4-3-5-7-11;/h3-7,9H,8,10H2,1-2H3,(H,15,16);1H/b17-14+;. The second-order valence-corrected chi connectivity index (χ2v) is 4.94. The fourth-order valence-corrected chi connectivity index (χ4v) is 2.34. The van der Waals surface area contributed by atoms with E-state index in [1.165, 1.54) is 0 Å². The number of aromatic nitrogens is 2. The van der Waals surface area contributed by atoms with Crippen LogP contribution in [-0.4, -0.2) is 36.6 Å². The van der Waals surface area contributed by atoms with Gasteiger partial charge in [0.1, 0.15) is 6.61 Å². The minimum atomic E-state index is 0. The van der Waals surface area contributed by atoms with Crippen molar-refractivity contribution in [3.63, 3.8) is 0 Å². The summed E-state index contributed by atoms with van der Waals surface area (Å²) in [5.74, 6) is 1.77. The number of imidazole rings is 1. The Labute approximate surface area is 129 Å². The van der Waals surface area contributed by atoms with Crippen molar-refractivity contribution < 1.29 is 22.1 Å². The Kier molecular flexibility index (Phi) is 4.82. The van der Waals surface area contributed by atoms with Gasteiger partial charge in [-0.2, -0.15) is 0 Å². The first-order chi connectivity index (χ1) is 9.75. The summed E-state index contributed by atoms with van der Waals surface area (Å²) in [6, 6.07) is 10.0. The topological polar surface area (TPSA) is 58.0 Å². The monoisotopic (exact) mass is 307 g/mol. The number of rotatable bonds is 3. The molecule has 2 N–H and O–H groups in total. The Morgan fingerprint density at radius 2 is 2.14 bits per heavy atom. The Morgan fingerprint density at radius 3 is 2.90 bits per heavy atom. The molecule has 0 aliphatic carbocycles. The molecule has 7 heteroatoms. The summed E-state index contributed by atoms with van der Waals surface area (Å²) in [4.78, 5) is 16.2. The molecule has 0 saturated carbocycles. The summed E-state index contributed by atoms with van der Waals surface area (Å²) in [5.41, 5.74) is 2.02. The lowest BCUT2D eigenvalue weighted by Gasteiger charge is -2.27. The van der Waals surface area contributed by atoms with E-state index in [0.717, 1.165) is 34.5 Å². The maximum absolute atomic E-state index is 5.49. The van der Waals surface area contributed by atoms with E-state index < -0.39 is 0 Å². The summed E-state index contributed by atoms with van der Waals surface area (Å²) in [6.45, 7) is 1.28. The summed E-state index contributed by atoms with van der Waals surface area (Å²) in [5, 5.41) is 4.29. The third-order valence-corrected chi connectivity index (χ3v) is 3.33. The SMILES string of the molecule is CN1C[NH+](C)/C(=N/OCc2ccccc2)c2[nH]cnc21.[Cl-]. The van der Waals surface area contributed by atoms with E-state index >= 15 is 0 Å². The Hall–Kier alpha value is -2.05. The fourth-order valence-electron chi connectivity index (χ4n) is 2.34. The van der Waals surface area contributed by atoms with Gasteiger partial charge in [0.15, 0.2) is 18.2 Å². The lowest BCUT2D eigenvalue weighted by molar-refractivity contribution is -0.783. The molecule has 1 unspecified atom stereocenters. The third kappa shape index (κ3) is 3.17. The van der Waals surface area contributed by atoms with Crippen LogP contribution in [0.3, 0.4) is 0 Å². The van der Waals surface area contributed by atoms with Crippen molar-refractivity contribution in [1.29, 1.82) is 0 Å². The summed E-state index contributed by atoms with van der Waals surface area (Å²) in [7, 11) is 4.08. The van der Waals surface area contributed by atoms with E-state index in [-0.39, 0.29) is 12.4 Å². The summed E-state index contributed by atoms with van der Waals surface area (Å²) in [6.07, 6.45) is 1.69. The maximum Gasteiger partial charge on any atom is 0.289 e. The molecular weight excluding hydrogens is 290 g/mol. The first-order valence-electron chi connectivity index (χ1n) is 6.57. The molecule has 1 aromatic carbocycles. The lowest BCUT2D eigenvalue weighted by Crippen LogP contribution is -3.14.